The molecule has 1 atom stereocenters. The van der Waals surface area contributed by atoms with Crippen molar-refractivity contribution in [2.45, 2.75) is 19.0 Å². The third-order valence-electron chi connectivity index (χ3n) is 7.47. The van der Waals surface area contributed by atoms with Crippen LogP contribution in [0.25, 0.3) is 28.0 Å². The lowest BCUT2D eigenvalue weighted by atomic mass is 10.0. The summed E-state index contributed by atoms with van der Waals surface area (Å²) in [5, 5.41) is 39.5. The molecule has 0 radical (unpaired) electrons. The van der Waals surface area contributed by atoms with Crippen LogP contribution in [0.3, 0.4) is 0 Å². The zero-order valence-corrected chi connectivity index (χ0v) is 22.1. The van der Waals surface area contributed by atoms with E-state index < -0.39 is 11.9 Å². The minimum Gasteiger partial charge on any atom is -0.507 e. The SMILES string of the molecule is O=C(O)c1ccnc(CN2CCC(n3c(=O)n(-c4ccc(-c5ccc(O)c(C(=O)O)c5)cc4O)c4cccnc43)C2)c1. The van der Waals surface area contributed by atoms with Gasteiger partial charge in [-0.2, -0.15) is 0 Å². The number of hydrogen-bond donors (Lipinski definition) is 4. The van der Waals surface area contributed by atoms with E-state index in [1.807, 2.05) is 0 Å². The Labute approximate surface area is 238 Å². The number of aromatic carboxylic acids is 2. The van der Waals surface area contributed by atoms with Crippen molar-refractivity contribution in [3.05, 3.63) is 100 Å². The van der Waals surface area contributed by atoms with Gasteiger partial charge in [-0.15, -0.1) is 0 Å². The molecule has 4 heterocycles. The molecule has 1 fully saturated rings. The van der Waals surface area contributed by atoms with Gasteiger partial charge in [0.15, 0.2) is 5.65 Å². The van der Waals surface area contributed by atoms with Crippen LogP contribution in [0.5, 0.6) is 11.5 Å². The molecule has 12 nitrogen and oxygen atoms in total. The van der Waals surface area contributed by atoms with Crippen LogP contribution in [0, 0.1) is 0 Å². The van der Waals surface area contributed by atoms with E-state index in [0.717, 1.165) is 0 Å². The van der Waals surface area contributed by atoms with Crippen molar-refractivity contribution in [1.29, 1.82) is 0 Å². The molecule has 0 amide bonds. The number of imidazole rings is 1. The number of phenols is 2. The first kappa shape index (κ1) is 26.7. The van der Waals surface area contributed by atoms with Crippen LogP contribution in [0.15, 0.2) is 77.9 Å². The van der Waals surface area contributed by atoms with Crippen LogP contribution in [-0.4, -0.2) is 69.5 Å². The maximum absolute atomic E-state index is 13.9. The maximum atomic E-state index is 13.9. The monoisotopic (exact) mass is 567 g/mol. The van der Waals surface area contributed by atoms with Crippen molar-refractivity contribution in [2.75, 3.05) is 13.1 Å². The molecule has 1 aliphatic rings. The zero-order valence-electron chi connectivity index (χ0n) is 22.1. The van der Waals surface area contributed by atoms with E-state index in [9.17, 15) is 34.8 Å². The summed E-state index contributed by atoms with van der Waals surface area (Å²) in [6, 6.07) is 15.0. The molecule has 2 aromatic carbocycles. The molecule has 6 rings (SSSR count). The number of carboxylic acids is 2. The van der Waals surface area contributed by atoms with Crippen LogP contribution in [0.1, 0.15) is 38.9 Å². The maximum Gasteiger partial charge on any atom is 0.339 e. The third-order valence-corrected chi connectivity index (χ3v) is 7.47. The molecule has 5 aromatic rings. The van der Waals surface area contributed by atoms with E-state index in [1.54, 1.807) is 41.1 Å². The average Bonchev–Trinajstić information content (AvgIpc) is 3.54. The fraction of sp³-hybridized carbons (Fsp3) is 0.167. The molecular formula is C30H25N5O7. The van der Waals surface area contributed by atoms with Gasteiger partial charge in [-0.1, -0.05) is 12.1 Å². The van der Waals surface area contributed by atoms with Gasteiger partial charge in [-0.05, 0) is 66.1 Å². The number of likely N-dealkylation sites (tertiary alicyclic amines) is 1. The van der Waals surface area contributed by atoms with Crippen LogP contribution < -0.4 is 5.69 Å². The Morgan fingerprint density at radius 3 is 2.43 bits per heavy atom. The molecule has 4 N–H and O–H groups in total. The van der Waals surface area contributed by atoms with Crippen molar-refractivity contribution in [3.63, 3.8) is 0 Å². The Balaban J connectivity index is 1.33. The summed E-state index contributed by atoms with van der Waals surface area (Å²) in [6.07, 6.45) is 3.73. The summed E-state index contributed by atoms with van der Waals surface area (Å²) in [5.74, 6) is -2.86. The van der Waals surface area contributed by atoms with Crippen molar-refractivity contribution < 1.29 is 30.0 Å². The molecule has 0 bridgehead atoms. The fourth-order valence-electron chi connectivity index (χ4n) is 5.48. The number of carbonyl (C=O) groups is 2. The number of pyridine rings is 2. The van der Waals surface area contributed by atoms with Gasteiger partial charge in [-0.25, -0.2) is 19.4 Å². The van der Waals surface area contributed by atoms with Gasteiger partial charge in [0.2, 0.25) is 0 Å². The molecule has 0 spiro atoms. The van der Waals surface area contributed by atoms with Gasteiger partial charge in [-0.3, -0.25) is 19.0 Å². The summed E-state index contributed by atoms with van der Waals surface area (Å²) in [5.41, 5.74) is 2.34. The first-order valence-electron chi connectivity index (χ1n) is 13.1. The molecule has 0 saturated carbocycles. The van der Waals surface area contributed by atoms with Crippen LogP contribution in [-0.2, 0) is 6.54 Å². The topological polar surface area (TPSA) is 171 Å². The van der Waals surface area contributed by atoms with E-state index in [1.165, 1.54) is 41.1 Å². The second kappa shape index (κ2) is 10.5. The molecule has 1 saturated heterocycles. The van der Waals surface area contributed by atoms with Crippen molar-refractivity contribution in [3.8, 4) is 28.3 Å². The number of rotatable bonds is 7. The fourth-order valence-corrected chi connectivity index (χ4v) is 5.48. The van der Waals surface area contributed by atoms with Gasteiger partial charge in [0.05, 0.1) is 28.5 Å². The van der Waals surface area contributed by atoms with Gasteiger partial charge in [0.1, 0.15) is 17.1 Å². The highest BCUT2D eigenvalue weighted by Crippen LogP contribution is 2.33. The first-order chi connectivity index (χ1) is 20.2. The first-order valence-corrected chi connectivity index (χ1v) is 13.1. The van der Waals surface area contributed by atoms with Crippen molar-refractivity contribution in [2.24, 2.45) is 0 Å². The van der Waals surface area contributed by atoms with E-state index in [-0.39, 0.29) is 40.0 Å². The number of nitrogens with zero attached hydrogens (tertiary/aromatic N) is 5. The lowest BCUT2D eigenvalue weighted by Crippen LogP contribution is -2.29. The normalized spacial score (nSPS) is 15.3. The van der Waals surface area contributed by atoms with E-state index in [2.05, 4.69) is 14.9 Å². The molecule has 212 valence electrons. The molecule has 3 aromatic heterocycles. The number of benzene rings is 2. The standard InChI is InChI=1S/C30H25N5O7/c36-25-6-4-17(13-22(25)29(40)41)18-3-5-23(26(37)14-18)35-24-2-1-9-32-27(24)34(30(35)42)21-8-11-33(16-21)15-20-12-19(28(38)39)7-10-31-20/h1-7,9-10,12-14,21,36-37H,8,11,15-16H2,(H,38,39)(H,40,41). The van der Waals surface area contributed by atoms with E-state index in [0.29, 0.717) is 54.0 Å². The largest absolute Gasteiger partial charge is 0.507 e. The van der Waals surface area contributed by atoms with Crippen LogP contribution in [0.4, 0.5) is 0 Å². The van der Waals surface area contributed by atoms with Crippen molar-refractivity contribution >= 4 is 23.1 Å². The van der Waals surface area contributed by atoms with E-state index >= 15 is 0 Å². The summed E-state index contributed by atoms with van der Waals surface area (Å²) in [6.45, 7) is 1.62. The van der Waals surface area contributed by atoms with Crippen LogP contribution >= 0.6 is 0 Å². The Hall–Kier alpha value is -5.49. The molecule has 1 unspecified atom stereocenters. The summed E-state index contributed by atoms with van der Waals surface area (Å²) < 4.78 is 3.03. The lowest BCUT2D eigenvalue weighted by molar-refractivity contribution is 0.0684. The smallest absolute Gasteiger partial charge is 0.339 e. The minimum absolute atomic E-state index is 0.165. The Morgan fingerprint density at radius 2 is 1.67 bits per heavy atom. The third kappa shape index (κ3) is 4.73. The molecule has 12 heteroatoms. The van der Waals surface area contributed by atoms with Gasteiger partial charge >= 0.3 is 17.6 Å². The number of phenolic OH excluding ortho intramolecular Hbond substituents is 1. The zero-order chi connectivity index (χ0) is 29.5. The van der Waals surface area contributed by atoms with Gasteiger partial charge in [0, 0.05) is 32.0 Å². The second-order valence-electron chi connectivity index (χ2n) is 10.1. The highest BCUT2D eigenvalue weighted by Gasteiger charge is 2.29. The Kier molecular flexibility index (Phi) is 6.67. The van der Waals surface area contributed by atoms with Gasteiger partial charge < -0.3 is 20.4 Å². The van der Waals surface area contributed by atoms with Gasteiger partial charge in [0.25, 0.3) is 0 Å². The van der Waals surface area contributed by atoms with Crippen molar-refractivity contribution in [1.82, 2.24) is 24.0 Å². The number of aromatic hydroxyl groups is 2. The second-order valence-corrected chi connectivity index (χ2v) is 10.1. The average molecular weight is 568 g/mol. The summed E-state index contributed by atoms with van der Waals surface area (Å²) in [4.78, 5) is 47.6. The number of hydrogen-bond acceptors (Lipinski definition) is 8. The molecule has 1 aliphatic heterocycles. The highest BCUT2D eigenvalue weighted by atomic mass is 16.4. The molecule has 0 aliphatic carbocycles. The quantitative estimate of drug-likeness (QED) is 0.228. The molecule has 42 heavy (non-hydrogen) atoms. The predicted octanol–water partition coefficient (Wildman–Crippen LogP) is 3.50. The predicted molar refractivity (Wildman–Crippen MR) is 151 cm³/mol. The number of carboxylic acid groups (broad SMARTS) is 2. The Morgan fingerprint density at radius 1 is 0.881 bits per heavy atom. The number of aromatic nitrogens is 4. The number of fused-ring (bicyclic) bond motifs is 1. The molecular weight excluding hydrogens is 542 g/mol. The Bertz CT molecular complexity index is 1930. The lowest BCUT2D eigenvalue weighted by Gasteiger charge is -2.16. The highest BCUT2D eigenvalue weighted by molar-refractivity contribution is 5.92. The van der Waals surface area contributed by atoms with E-state index in [4.69, 9.17) is 0 Å². The van der Waals surface area contributed by atoms with Crippen LogP contribution in [0.2, 0.25) is 0 Å². The minimum atomic E-state index is -1.28. The summed E-state index contributed by atoms with van der Waals surface area (Å²) >= 11 is 0. The summed E-state index contributed by atoms with van der Waals surface area (Å²) in [7, 11) is 0.